The van der Waals surface area contributed by atoms with Gasteiger partial charge in [-0.1, -0.05) is 60.7 Å². The summed E-state index contributed by atoms with van der Waals surface area (Å²) in [5, 5.41) is 0. The van der Waals surface area contributed by atoms with E-state index < -0.39 is 0 Å². The average Bonchev–Trinajstić information content (AvgIpc) is 2.76. The molecule has 0 unspecified atom stereocenters. The SMILES string of the molecule is CCOCC(=O)N(Cc1ccc(OCc2ccccc2)cc1)c1ccccc1. The number of nitrogens with zero attached hydrogens (tertiary/aromatic N) is 1. The summed E-state index contributed by atoms with van der Waals surface area (Å²) in [6.45, 7) is 3.48. The topological polar surface area (TPSA) is 38.8 Å². The Labute approximate surface area is 166 Å². The van der Waals surface area contributed by atoms with Gasteiger partial charge in [-0.25, -0.2) is 0 Å². The molecule has 0 bridgehead atoms. The standard InChI is InChI=1S/C24H25NO3/c1-2-27-19-24(26)25(22-11-7-4-8-12-22)17-20-13-15-23(16-14-20)28-18-21-9-5-3-6-10-21/h3-16H,2,17-19H2,1H3. The molecule has 0 heterocycles. The van der Waals surface area contributed by atoms with Crippen LogP contribution in [0.2, 0.25) is 0 Å². The van der Waals surface area contributed by atoms with Gasteiger partial charge < -0.3 is 14.4 Å². The second-order valence-electron chi connectivity index (χ2n) is 6.37. The zero-order valence-corrected chi connectivity index (χ0v) is 16.1. The molecule has 0 radical (unpaired) electrons. The lowest BCUT2D eigenvalue weighted by Crippen LogP contribution is -2.33. The molecule has 4 nitrogen and oxygen atoms in total. The van der Waals surface area contributed by atoms with E-state index in [1.807, 2.05) is 91.9 Å². The molecule has 3 aromatic rings. The molecule has 0 aliphatic heterocycles. The van der Waals surface area contributed by atoms with Gasteiger partial charge in [0.25, 0.3) is 5.91 Å². The van der Waals surface area contributed by atoms with Crippen LogP contribution in [0.15, 0.2) is 84.9 Å². The minimum Gasteiger partial charge on any atom is -0.489 e. The van der Waals surface area contributed by atoms with Gasteiger partial charge in [0.05, 0.1) is 6.54 Å². The molecule has 4 heteroatoms. The fourth-order valence-electron chi connectivity index (χ4n) is 2.81. The number of ether oxygens (including phenoxy) is 2. The normalized spacial score (nSPS) is 10.5. The van der Waals surface area contributed by atoms with Crippen LogP contribution >= 0.6 is 0 Å². The molecule has 0 N–H and O–H groups in total. The molecule has 28 heavy (non-hydrogen) atoms. The van der Waals surface area contributed by atoms with Gasteiger partial charge in [-0.3, -0.25) is 4.79 Å². The Morgan fingerprint density at radius 1 is 0.821 bits per heavy atom. The van der Waals surface area contributed by atoms with Crippen LogP contribution in [0.1, 0.15) is 18.1 Å². The molecule has 0 aromatic heterocycles. The van der Waals surface area contributed by atoms with E-state index in [9.17, 15) is 4.79 Å². The van der Waals surface area contributed by atoms with Crippen molar-refractivity contribution < 1.29 is 14.3 Å². The number of amides is 1. The van der Waals surface area contributed by atoms with Crippen molar-refractivity contribution in [2.75, 3.05) is 18.1 Å². The van der Waals surface area contributed by atoms with Crippen LogP contribution in [0.4, 0.5) is 5.69 Å². The number of hydrogen-bond donors (Lipinski definition) is 0. The van der Waals surface area contributed by atoms with Gasteiger partial charge in [0.15, 0.2) is 0 Å². The summed E-state index contributed by atoms with van der Waals surface area (Å²) in [6, 6.07) is 27.6. The van der Waals surface area contributed by atoms with Crippen LogP contribution in [0, 0.1) is 0 Å². The van der Waals surface area contributed by atoms with E-state index in [4.69, 9.17) is 9.47 Å². The van der Waals surface area contributed by atoms with Crippen LogP contribution in [0.5, 0.6) is 5.75 Å². The van der Waals surface area contributed by atoms with Crippen molar-refractivity contribution >= 4 is 11.6 Å². The Hall–Kier alpha value is -3.11. The lowest BCUT2D eigenvalue weighted by atomic mass is 10.2. The summed E-state index contributed by atoms with van der Waals surface area (Å²) in [5.74, 6) is 0.747. The highest BCUT2D eigenvalue weighted by molar-refractivity contribution is 5.94. The number of carbonyl (C=O) groups excluding carboxylic acids is 1. The van der Waals surface area contributed by atoms with Gasteiger partial charge in [-0.05, 0) is 42.3 Å². The molecule has 0 atom stereocenters. The molecule has 0 aliphatic rings. The first-order valence-electron chi connectivity index (χ1n) is 9.45. The van der Waals surface area contributed by atoms with Gasteiger partial charge in [-0.15, -0.1) is 0 Å². The highest BCUT2D eigenvalue weighted by Crippen LogP contribution is 2.20. The maximum atomic E-state index is 12.6. The Morgan fingerprint density at radius 3 is 2.11 bits per heavy atom. The van der Waals surface area contributed by atoms with Crippen molar-refractivity contribution in [1.29, 1.82) is 0 Å². The van der Waals surface area contributed by atoms with Crippen molar-refractivity contribution in [3.63, 3.8) is 0 Å². The molecule has 144 valence electrons. The fraction of sp³-hybridized carbons (Fsp3) is 0.208. The van der Waals surface area contributed by atoms with Gasteiger partial charge >= 0.3 is 0 Å². The Balaban J connectivity index is 1.66. The first-order chi connectivity index (χ1) is 13.8. The molecule has 0 aliphatic carbocycles. The molecule has 3 aromatic carbocycles. The highest BCUT2D eigenvalue weighted by atomic mass is 16.5. The van der Waals surface area contributed by atoms with Crippen LogP contribution in [0.25, 0.3) is 0 Å². The number of hydrogen-bond acceptors (Lipinski definition) is 3. The third kappa shape index (κ3) is 5.69. The summed E-state index contributed by atoms with van der Waals surface area (Å²) >= 11 is 0. The van der Waals surface area contributed by atoms with E-state index in [2.05, 4.69) is 0 Å². The van der Waals surface area contributed by atoms with Crippen molar-refractivity contribution in [2.45, 2.75) is 20.1 Å². The monoisotopic (exact) mass is 375 g/mol. The maximum absolute atomic E-state index is 12.6. The fourth-order valence-corrected chi connectivity index (χ4v) is 2.81. The Bertz CT molecular complexity index is 848. The number of carbonyl (C=O) groups is 1. The Kier molecular flexibility index (Phi) is 7.21. The molecule has 0 saturated carbocycles. The van der Waals surface area contributed by atoms with E-state index in [0.717, 1.165) is 22.6 Å². The molecular formula is C24H25NO3. The zero-order chi connectivity index (χ0) is 19.6. The van der Waals surface area contributed by atoms with Crippen LogP contribution in [-0.2, 0) is 22.7 Å². The summed E-state index contributed by atoms with van der Waals surface area (Å²) < 4.78 is 11.2. The first-order valence-corrected chi connectivity index (χ1v) is 9.45. The van der Waals surface area contributed by atoms with Gasteiger partial charge in [0, 0.05) is 12.3 Å². The Morgan fingerprint density at radius 2 is 1.46 bits per heavy atom. The first kappa shape index (κ1) is 19.6. The number of para-hydroxylation sites is 1. The van der Waals surface area contributed by atoms with Crippen LogP contribution < -0.4 is 9.64 Å². The van der Waals surface area contributed by atoms with Crippen molar-refractivity contribution in [2.24, 2.45) is 0 Å². The number of rotatable bonds is 9. The van der Waals surface area contributed by atoms with Gasteiger partial charge in [0.1, 0.15) is 19.0 Å². The summed E-state index contributed by atoms with van der Waals surface area (Å²) in [4.78, 5) is 14.4. The maximum Gasteiger partial charge on any atom is 0.253 e. The van der Waals surface area contributed by atoms with Crippen LogP contribution in [0.3, 0.4) is 0 Å². The lowest BCUT2D eigenvalue weighted by molar-refractivity contribution is -0.123. The number of benzene rings is 3. The minimum atomic E-state index is -0.0579. The van der Waals surface area contributed by atoms with Gasteiger partial charge in [-0.2, -0.15) is 0 Å². The van der Waals surface area contributed by atoms with Gasteiger partial charge in [0.2, 0.25) is 0 Å². The van der Waals surface area contributed by atoms with E-state index in [1.165, 1.54) is 0 Å². The second-order valence-corrected chi connectivity index (χ2v) is 6.37. The minimum absolute atomic E-state index is 0.0579. The smallest absolute Gasteiger partial charge is 0.253 e. The van der Waals surface area contributed by atoms with Crippen molar-refractivity contribution in [1.82, 2.24) is 0 Å². The van der Waals surface area contributed by atoms with E-state index >= 15 is 0 Å². The summed E-state index contributed by atoms with van der Waals surface area (Å²) in [7, 11) is 0. The molecule has 0 saturated heterocycles. The molecule has 0 fully saturated rings. The molecular weight excluding hydrogens is 350 g/mol. The highest BCUT2D eigenvalue weighted by Gasteiger charge is 2.16. The zero-order valence-electron chi connectivity index (χ0n) is 16.1. The average molecular weight is 375 g/mol. The predicted octanol–water partition coefficient (Wildman–Crippen LogP) is 4.84. The quantitative estimate of drug-likeness (QED) is 0.537. The third-order valence-electron chi connectivity index (χ3n) is 4.31. The second kappa shape index (κ2) is 10.3. The largest absolute Gasteiger partial charge is 0.489 e. The lowest BCUT2D eigenvalue weighted by Gasteiger charge is -2.23. The summed E-state index contributed by atoms with van der Waals surface area (Å²) in [5.41, 5.74) is 3.01. The van der Waals surface area contributed by atoms with Crippen LogP contribution in [-0.4, -0.2) is 19.1 Å². The van der Waals surface area contributed by atoms with E-state index in [1.54, 1.807) is 4.90 Å². The van der Waals surface area contributed by atoms with Crippen molar-refractivity contribution in [3.8, 4) is 5.75 Å². The molecule has 0 spiro atoms. The molecule has 1 amide bonds. The number of anilines is 1. The van der Waals surface area contributed by atoms with E-state index in [0.29, 0.717) is 19.8 Å². The molecule has 3 rings (SSSR count). The van der Waals surface area contributed by atoms with Crippen molar-refractivity contribution in [3.05, 3.63) is 96.1 Å². The third-order valence-corrected chi connectivity index (χ3v) is 4.31. The predicted molar refractivity (Wildman–Crippen MR) is 111 cm³/mol. The van der Waals surface area contributed by atoms with E-state index in [-0.39, 0.29) is 12.5 Å². The summed E-state index contributed by atoms with van der Waals surface area (Å²) in [6.07, 6.45) is 0.